The van der Waals surface area contributed by atoms with Crippen molar-refractivity contribution in [3.63, 3.8) is 0 Å². The maximum atomic E-state index is 15.5. The molecule has 0 spiro atoms. The van der Waals surface area contributed by atoms with Crippen LogP contribution in [0.2, 0.25) is 5.02 Å². The molecular weight excluding hydrogens is 426 g/mol. The number of aromatic hydroxyl groups is 1. The van der Waals surface area contributed by atoms with Gasteiger partial charge in [-0.15, -0.1) is 0 Å². The number of carbonyl (C=O) groups is 1. The minimum atomic E-state index is -0.846. The third-order valence-corrected chi connectivity index (χ3v) is 5.87. The van der Waals surface area contributed by atoms with Gasteiger partial charge >= 0.3 is 0 Å². The van der Waals surface area contributed by atoms with Crippen LogP contribution in [0.5, 0.6) is 5.75 Å². The van der Waals surface area contributed by atoms with Crippen LogP contribution < -0.4 is 4.90 Å². The van der Waals surface area contributed by atoms with Crippen LogP contribution >= 0.6 is 11.6 Å². The molecule has 1 aromatic heterocycles. The molecule has 0 aliphatic carbocycles. The molecule has 1 saturated heterocycles. The topological polar surface area (TPSA) is 69.6 Å². The zero-order valence-corrected chi connectivity index (χ0v) is 17.4. The first-order chi connectivity index (χ1) is 14.8. The Hall–Kier alpha value is -3.26. The number of aromatic nitrogens is 2. The summed E-state index contributed by atoms with van der Waals surface area (Å²) in [7, 11) is 1.71. The van der Waals surface area contributed by atoms with Crippen molar-refractivity contribution in [2.75, 3.05) is 25.0 Å². The number of rotatable bonds is 4. The predicted octanol–water partition coefficient (Wildman–Crippen LogP) is 4.16. The van der Waals surface area contributed by atoms with Crippen LogP contribution in [0.25, 0.3) is 22.0 Å². The van der Waals surface area contributed by atoms with Gasteiger partial charge in [0.05, 0.1) is 16.6 Å². The van der Waals surface area contributed by atoms with Crippen LogP contribution in [0.4, 0.5) is 14.6 Å². The van der Waals surface area contributed by atoms with E-state index in [1.807, 2.05) is 4.90 Å². The molecule has 160 valence electrons. The number of phenolic OH excluding ortho intramolecular Hbond substituents is 1. The Kier molecular flexibility index (Phi) is 5.49. The van der Waals surface area contributed by atoms with Crippen molar-refractivity contribution in [1.29, 1.82) is 0 Å². The highest BCUT2D eigenvalue weighted by molar-refractivity contribution is 6.34. The van der Waals surface area contributed by atoms with E-state index in [4.69, 9.17) is 11.6 Å². The van der Waals surface area contributed by atoms with E-state index in [1.54, 1.807) is 11.9 Å². The highest BCUT2D eigenvalue weighted by Crippen LogP contribution is 2.42. The molecule has 6 nitrogen and oxygen atoms in total. The molecule has 4 rings (SSSR count). The molecule has 1 atom stereocenters. The number of hydrogen-bond donors (Lipinski definition) is 1. The average Bonchev–Trinajstić information content (AvgIpc) is 3.24. The van der Waals surface area contributed by atoms with Gasteiger partial charge in [0.2, 0.25) is 5.91 Å². The average molecular weight is 445 g/mol. The lowest BCUT2D eigenvalue weighted by atomic mass is 10.0. The number of likely N-dealkylation sites (N-methyl/N-ethyl adjacent to an activating group) is 1. The van der Waals surface area contributed by atoms with Crippen molar-refractivity contribution in [2.24, 2.45) is 0 Å². The van der Waals surface area contributed by atoms with E-state index in [9.17, 15) is 14.3 Å². The zero-order valence-electron chi connectivity index (χ0n) is 16.6. The molecule has 31 heavy (non-hydrogen) atoms. The molecular formula is C22H19ClF2N4O2. The molecule has 9 heteroatoms. The van der Waals surface area contributed by atoms with Crippen LogP contribution in [0.3, 0.4) is 0 Å². The first-order valence-corrected chi connectivity index (χ1v) is 9.96. The molecule has 1 N–H and O–H groups in total. The molecule has 0 bridgehead atoms. The lowest BCUT2D eigenvalue weighted by Crippen LogP contribution is -2.38. The van der Waals surface area contributed by atoms with Crippen molar-refractivity contribution in [3.8, 4) is 16.9 Å². The normalized spacial score (nSPS) is 16.0. The minimum Gasteiger partial charge on any atom is -0.507 e. The van der Waals surface area contributed by atoms with Gasteiger partial charge in [0, 0.05) is 31.1 Å². The van der Waals surface area contributed by atoms with Crippen LogP contribution in [0.1, 0.15) is 6.42 Å². The van der Waals surface area contributed by atoms with Crippen LogP contribution in [-0.2, 0) is 4.79 Å². The van der Waals surface area contributed by atoms with Crippen molar-refractivity contribution >= 4 is 34.2 Å². The Morgan fingerprint density at radius 3 is 2.84 bits per heavy atom. The molecule has 0 radical (unpaired) electrons. The SMILES string of the molecule is C=CC(=O)N(C)C1CCN(c2ncnc3c(F)c(-c4c(O)cccc4F)c(Cl)cc23)C1. The molecule has 1 amide bonds. The van der Waals surface area contributed by atoms with E-state index < -0.39 is 17.4 Å². The van der Waals surface area contributed by atoms with Gasteiger partial charge in [-0.05, 0) is 30.7 Å². The maximum absolute atomic E-state index is 15.5. The van der Waals surface area contributed by atoms with E-state index in [0.29, 0.717) is 30.7 Å². The number of fused-ring (bicyclic) bond motifs is 1. The number of benzene rings is 2. The monoisotopic (exact) mass is 444 g/mol. The van der Waals surface area contributed by atoms with Gasteiger partial charge in [0.1, 0.15) is 29.2 Å². The minimum absolute atomic E-state index is 0.0361. The Labute approximate surface area is 182 Å². The summed E-state index contributed by atoms with van der Waals surface area (Å²) in [6.45, 7) is 4.61. The fraction of sp³-hybridized carbons (Fsp3) is 0.227. The highest BCUT2D eigenvalue weighted by Gasteiger charge is 2.30. The molecule has 0 saturated carbocycles. The quantitative estimate of drug-likeness (QED) is 0.612. The van der Waals surface area contributed by atoms with E-state index in [1.165, 1.54) is 30.6 Å². The Bertz CT molecular complexity index is 1180. The lowest BCUT2D eigenvalue weighted by Gasteiger charge is -2.24. The Balaban J connectivity index is 1.79. The highest BCUT2D eigenvalue weighted by atomic mass is 35.5. The standard InChI is InChI=1S/C22H19ClF2N4O2/c1-3-17(31)28(2)12-7-8-29(10-12)22-13-9-14(23)18(20(25)21(13)26-11-27-22)19-15(24)5-4-6-16(19)30/h3-6,9,11-12,30H,1,7-8,10H2,2H3. The Morgan fingerprint density at radius 1 is 1.35 bits per heavy atom. The summed E-state index contributed by atoms with van der Waals surface area (Å²) < 4.78 is 29.8. The summed E-state index contributed by atoms with van der Waals surface area (Å²) in [5, 5.41) is 10.4. The van der Waals surface area contributed by atoms with Crippen molar-refractivity contribution in [3.05, 3.63) is 59.9 Å². The lowest BCUT2D eigenvalue weighted by molar-refractivity contribution is -0.126. The first kappa shape index (κ1) is 21.0. The first-order valence-electron chi connectivity index (χ1n) is 9.58. The van der Waals surface area contributed by atoms with E-state index >= 15 is 4.39 Å². The molecule has 1 unspecified atom stereocenters. The van der Waals surface area contributed by atoms with Gasteiger partial charge in [0.15, 0.2) is 5.82 Å². The molecule has 1 aliphatic heterocycles. The van der Waals surface area contributed by atoms with Crippen LogP contribution in [0.15, 0.2) is 43.2 Å². The number of nitrogens with zero attached hydrogens (tertiary/aromatic N) is 4. The molecule has 1 fully saturated rings. The Morgan fingerprint density at radius 2 is 2.13 bits per heavy atom. The number of anilines is 1. The van der Waals surface area contributed by atoms with Gasteiger partial charge in [0.25, 0.3) is 0 Å². The molecule has 1 aliphatic rings. The summed E-state index contributed by atoms with van der Waals surface area (Å²) in [4.78, 5) is 23.8. The third-order valence-electron chi connectivity index (χ3n) is 5.57. The van der Waals surface area contributed by atoms with Gasteiger partial charge in [-0.2, -0.15) is 0 Å². The summed E-state index contributed by atoms with van der Waals surface area (Å²) in [6.07, 6.45) is 3.20. The van der Waals surface area contributed by atoms with Crippen LogP contribution in [-0.4, -0.2) is 52.1 Å². The molecule has 2 aromatic carbocycles. The van der Waals surface area contributed by atoms with E-state index in [2.05, 4.69) is 16.5 Å². The summed E-state index contributed by atoms with van der Waals surface area (Å²) in [5.74, 6) is -1.78. The fourth-order valence-electron chi connectivity index (χ4n) is 3.93. The summed E-state index contributed by atoms with van der Waals surface area (Å²) >= 11 is 6.35. The van der Waals surface area contributed by atoms with E-state index in [-0.39, 0.29) is 33.6 Å². The van der Waals surface area contributed by atoms with Crippen molar-refractivity contribution in [2.45, 2.75) is 12.5 Å². The molecule has 2 heterocycles. The van der Waals surface area contributed by atoms with Crippen molar-refractivity contribution in [1.82, 2.24) is 14.9 Å². The smallest absolute Gasteiger partial charge is 0.246 e. The fourth-order valence-corrected chi connectivity index (χ4v) is 4.22. The van der Waals surface area contributed by atoms with Gasteiger partial charge in [-0.25, -0.2) is 18.7 Å². The van der Waals surface area contributed by atoms with Crippen molar-refractivity contribution < 1.29 is 18.7 Å². The summed E-state index contributed by atoms with van der Waals surface area (Å²) in [6, 6.07) is 5.12. The largest absolute Gasteiger partial charge is 0.507 e. The number of hydrogen-bond acceptors (Lipinski definition) is 5. The number of halogens is 3. The van der Waals surface area contributed by atoms with Gasteiger partial charge < -0.3 is 14.9 Å². The summed E-state index contributed by atoms with van der Waals surface area (Å²) in [5.41, 5.74) is -0.617. The third kappa shape index (κ3) is 3.57. The maximum Gasteiger partial charge on any atom is 0.246 e. The van der Waals surface area contributed by atoms with Gasteiger partial charge in [-0.1, -0.05) is 24.2 Å². The molecule has 3 aromatic rings. The second kappa shape index (κ2) is 8.11. The number of amides is 1. The zero-order chi connectivity index (χ0) is 22.3. The second-order valence-corrected chi connectivity index (χ2v) is 7.72. The second-order valence-electron chi connectivity index (χ2n) is 7.32. The van der Waals surface area contributed by atoms with Crippen LogP contribution in [0, 0.1) is 11.6 Å². The van der Waals surface area contributed by atoms with Gasteiger partial charge in [-0.3, -0.25) is 4.79 Å². The predicted molar refractivity (Wildman–Crippen MR) is 115 cm³/mol. The number of carbonyl (C=O) groups excluding carboxylic acids is 1. The van der Waals surface area contributed by atoms with E-state index in [0.717, 1.165) is 6.07 Å². The number of phenols is 1.